The van der Waals surface area contributed by atoms with Gasteiger partial charge in [-0.3, -0.25) is 0 Å². The van der Waals surface area contributed by atoms with E-state index >= 15 is 0 Å². The van der Waals surface area contributed by atoms with Crippen LogP contribution in [0.5, 0.6) is 0 Å². The molecule has 0 aliphatic heterocycles. The monoisotopic (exact) mass is 238 g/mol. The summed E-state index contributed by atoms with van der Waals surface area (Å²) >= 11 is 4.91. The fourth-order valence-electron chi connectivity index (χ4n) is 1.53. The summed E-state index contributed by atoms with van der Waals surface area (Å²) in [6, 6.07) is 2.20. The number of thiocarbonyl (C=S) groups is 1. The Morgan fingerprint density at radius 2 is 2.12 bits per heavy atom. The average Bonchev–Trinajstić information content (AvgIpc) is 2.13. The van der Waals surface area contributed by atoms with Crippen LogP contribution in [0.3, 0.4) is 0 Å². The van der Waals surface area contributed by atoms with Gasteiger partial charge in [0.2, 0.25) is 0 Å². The standard InChI is InChI=1S/C11H18N4S/c1-7-5-11(14-9(3)13-7)15(4)8(2)6-10(12)16/h5,8H,6H2,1-4H3,(H2,12,16). The number of nitrogens with zero attached hydrogens (tertiary/aromatic N) is 3. The van der Waals surface area contributed by atoms with Gasteiger partial charge in [0.1, 0.15) is 11.6 Å². The van der Waals surface area contributed by atoms with Gasteiger partial charge in [-0.25, -0.2) is 9.97 Å². The fourth-order valence-corrected chi connectivity index (χ4v) is 1.77. The number of aryl methyl sites for hydroxylation is 2. The van der Waals surface area contributed by atoms with Crippen LogP contribution < -0.4 is 10.6 Å². The Morgan fingerprint density at radius 1 is 1.50 bits per heavy atom. The Morgan fingerprint density at radius 3 is 2.62 bits per heavy atom. The third-order valence-electron chi connectivity index (χ3n) is 2.47. The maximum absolute atomic E-state index is 5.54. The van der Waals surface area contributed by atoms with Crippen LogP contribution in [0.4, 0.5) is 5.82 Å². The van der Waals surface area contributed by atoms with Crippen molar-refractivity contribution in [2.24, 2.45) is 5.73 Å². The van der Waals surface area contributed by atoms with Crippen LogP contribution >= 0.6 is 12.2 Å². The molecule has 0 saturated carbocycles. The van der Waals surface area contributed by atoms with E-state index in [0.717, 1.165) is 17.3 Å². The van der Waals surface area contributed by atoms with Crippen molar-refractivity contribution in [3.8, 4) is 0 Å². The first-order valence-electron chi connectivity index (χ1n) is 5.23. The lowest BCUT2D eigenvalue weighted by molar-refractivity contribution is 0.701. The lowest BCUT2D eigenvalue weighted by atomic mass is 10.2. The summed E-state index contributed by atoms with van der Waals surface area (Å²) in [5, 5.41) is 0. The van der Waals surface area contributed by atoms with E-state index in [9.17, 15) is 0 Å². The van der Waals surface area contributed by atoms with Gasteiger partial charge >= 0.3 is 0 Å². The first kappa shape index (κ1) is 12.8. The second-order valence-corrected chi connectivity index (χ2v) is 4.57. The maximum atomic E-state index is 5.54. The van der Waals surface area contributed by atoms with Gasteiger partial charge in [0, 0.05) is 31.3 Å². The molecule has 0 radical (unpaired) electrons. The summed E-state index contributed by atoms with van der Waals surface area (Å²) in [5.41, 5.74) is 6.51. The molecule has 0 saturated heterocycles. The predicted molar refractivity (Wildman–Crippen MR) is 70.8 cm³/mol. The van der Waals surface area contributed by atoms with Crippen molar-refractivity contribution in [3.05, 3.63) is 17.6 Å². The minimum absolute atomic E-state index is 0.242. The van der Waals surface area contributed by atoms with Crippen molar-refractivity contribution < 1.29 is 0 Å². The van der Waals surface area contributed by atoms with Crippen molar-refractivity contribution in [1.82, 2.24) is 9.97 Å². The van der Waals surface area contributed by atoms with E-state index in [0.29, 0.717) is 11.4 Å². The number of anilines is 1. The molecule has 0 bridgehead atoms. The summed E-state index contributed by atoms with van der Waals surface area (Å²) in [4.78, 5) is 11.2. The van der Waals surface area contributed by atoms with Crippen molar-refractivity contribution in [1.29, 1.82) is 0 Å². The second-order valence-electron chi connectivity index (χ2n) is 4.05. The van der Waals surface area contributed by atoms with E-state index in [1.165, 1.54) is 0 Å². The van der Waals surface area contributed by atoms with E-state index in [1.807, 2.05) is 27.0 Å². The fraction of sp³-hybridized carbons (Fsp3) is 0.545. The Hall–Kier alpha value is -1.23. The average molecular weight is 238 g/mol. The zero-order valence-electron chi connectivity index (χ0n) is 10.2. The molecular formula is C11H18N4S. The van der Waals surface area contributed by atoms with Gasteiger partial charge in [-0.1, -0.05) is 12.2 Å². The molecule has 0 aromatic carbocycles. The molecule has 5 heteroatoms. The van der Waals surface area contributed by atoms with Crippen LogP contribution in [0.1, 0.15) is 24.9 Å². The first-order chi connectivity index (χ1) is 7.40. The smallest absolute Gasteiger partial charge is 0.132 e. The highest BCUT2D eigenvalue weighted by atomic mass is 32.1. The van der Waals surface area contributed by atoms with E-state index in [4.69, 9.17) is 18.0 Å². The minimum Gasteiger partial charge on any atom is -0.393 e. The number of nitrogens with two attached hydrogens (primary N) is 1. The normalized spacial score (nSPS) is 12.2. The molecular weight excluding hydrogens is 220 g/mol. The molecule has 1 heterocycles. The lowest BCUT2D eigenvalue weighted by Gasteiger charge is -2.25. The molecule has 88 valence electrons. The molecule has 2 N–H and O–H groups in total. The maximum Gasteiger partial charge on any atom is 0.132 e. The molecule has 1 rings (SSSR count). The SMILES string of the molecule is Cc1cc(N(C)C(C)CC(N)=S)nc(C)n1. The van der Waals surface area contributed by atoms with E-state index in [1.54, 1.807) is 0 Å². The zero-order chi connectivity index (χ0) is 12.3. The summed E-state index contributed by atoms with van der Waals surface area (Å²) in [6.45, 7) is 5.93. The van der Waals surface area contributed by atoms with Gasteiger partial charge in [0.15, 0.2) is 0 Å². The van der Waals surface area contributed by atoms with Crippen molar-refractivity contribution in [2.75, 3.05) is 11.9 Å². The number of rotatable bonds is 4. The van der Waals surface area contributed by atoms with Crippen molar-refractivity contribution in [2.45, 2.75) is 33.2 Å². The van der Waals surface area contributed by atoms with Gasteiger partial charge in [0.25, 0.3) is 0 Å². The van der Waals surface area contributed by atoms with Gasteiger partial charge in [-0.05, 0) is 20.8 Å². The molecule has 0 spiro atoms. The number of aromatic nitrogens is 2. The predicted octanol–water partition coefficient (Wildman–Crippen LogP) is 1.59. The third-order valence-corrected chi connectivity index (χ3v) is 2.64. The van der Waals surface area contributed by atoms with Crippen LogP contribution in [-0.4, -0.2) is 28.0 Å². The number of hydrogen-bond donors (Lipinski definition) is 1. The molecule has 1 aromatic rings. The first-order valence-corrected chi connectivity index (χ1v) is 5.64. The highest BCUT2D eigenvalue weighted by Crippen LogP contribution is 2.14. The zero-order valence-corrected chi connectivity index (χ0v) is 11.0. The van der Waals surface area contributed by atoms with Gasteiger partial charge in [-0.2, -0.15) is 0 Å². The van der Waals surface area contributed by atoms with Crippen molar-refractivity contribution >= 4 is 23.0 Å². The Kier molecular flexibility index (Phi) is 4.18. The highest BCUT2D eigenvalue weighted by Gasteiger charge is 2.13. The second kappa shape index (κ2) is 5.21. The molecule has 4 nitrogen and oxygen atoms in total. The van der Waals surface area contributed by atoms with Crippen LogP contribution in [0.2, 0.25) is 0 Å². The third kappa shape index (κ3) is 3.41. The van der Waals surface area contributed by atoms with Crippen LogP contribution in [0.15, 0.2) is 6.07 Å². The molecule has 0 amide bonds. The quantitative estimate of drug-likeness (QED) is 0.807. The molecule has 1 unspecified atom stereocenters. The minimum atomic E-state index is 0.242. The molecule has 0 aliphatic carbocycles. The molecule has 1 aromatic heterocycles. The lowest BCUT2D eigenvalue weighted by Crippen LogP contribution is -2.33. The van der Waals surface area contributed by atoms with Gasteiger partial charge in [0.05, 0.1) is 4.99 Å². The Labute approximate surface area is 102 Å². The Balaban J connectivity index is 2.86. The van der Waals surface area contributed by atoms with Gasteiger partial charge in [-0.15, -0.1) is 0 Å². The van der Waals surface area contributed by atoms with Gasteiger partial charge < -0.3 is 10.6 Å². The topological polar surface area (TPSA) is 55.0 Å². The molecule has 0 fully saturated rings. The number of hydrogen-bond acceptors (Lipinski definition) is 4. The van der Waals surface area contributed by atoms with Crippen LogP contribution in [0, 0.1) is 13.8 Å². The summed E-state index contributed by atoms with van der Waals surface area (Å²) < 4.78 is 0. The Bertz CT molecular complexity index is 371. The molecule has 16 heavy (non-hydrogen) atoms. The van der Waals surface area contributed by atoms with Crippen LogP contribution in [0.25, 0.3) is 0 Å². The van der Waals surface area contributed by atoms with E-state index in [2.05, 4.69) is 21.8 Å². The van der Waals surface area contributed by atoms with E-state index < -0.39 is 0 Å². The molecule has 0 aliphatic rings. The van der Waals surface area contributed by atoms with E-state index in [-0.39, 0.29) is 6.04 Å². The van der Waals surface area contributed by atoms with Crippen LogP contribution in [-0.2, 0) is 0 Å². The highest BCUT2D eigenvalue weighted by molar-refractivity contribution is 7.80. The summed E-state index contributed by atoms with van der Waals surface area (Å²) in [6.07, 6.45) is 0.688. The largest absolute Gasteiger partial charge is 0.393 e. The summed E-state index contributed by atoms with van der Waals surface area (Å²) in [7, 11) is 1.99. The summed E-state index contributed by atoms with van der Waals surface area (Å²) in [5.74, 6) is 1.69. The van der Waals surface area contributed by atoms with Crippen molar-refractivity contribution in [3.63, 3.8) is 0 Å². The molecule has 1 atom stereocenters.